The smallest absolute Gasteiger partial charge is 0.0962 e. The molecule has 6 heteroatoms. The summed E-state index contributed by atoms with van der Waals surface area (Å²) in [7, 11) is 0. The minimum absolute atomic E-state index is 0.468. The van der Waals surface area contributed by atoms with Crippen LogP contribution in [0.4, 0.5) is 0 Å². The van der Waals surface area contributed by atoms with Gasteiger partial charge in [0.2, 0.25) is 0 Å². The second-order valence-corrected chi connectivity index (χ2v) is 5.81. The number of nitrogens with one attached hydrogen (secondary N) is 1. The molecule has 1 aromatic heterocycles. The Morgan fingerprint density at radius 1 is 1.42 bits per heavy atom. The van der Waals surface area contributed by atoms with Crippen LogP contribution in [0.25, 0.3) is 0 Å². The van der Waals surface area contributed by atoms with Crippen molar-refractivity contribution in [2.75, 3.05) is 32.7 Å². The molecule has 0 spiro atoms. The Hall–Kier alpha value is -0.980. The third-order valence-electron chi connectivity index (χ3n) is 4.30. The molecule has 0 aliphatic carbocycles. The van der Waals surface area contributed by atoms with Crippen molar-refractivity contribution >= 4 is 0 Å². The Labute approximate surface area is 114 Å². The number of nitrogens with zero attached hydrogens (tertiary/aromatic N) is 4. The Kier molecular flexibility index (Phi) is 4.10. The van der Waals surface area contributed by atoms with E-state index in [4.69, 9.17) is 5.73 Å². The predicted octanol–water partition coefficient (Wildman–Crippen LogP) is -0.0168. The lowest BCUT2D eigenvalue weighted by Gasteiger charge is -2.33. The van der Waals surface area contributed by atoms with E-state index in [1.807, 2.05) is 10.9 Å². The van der Waals surface area contributed by atoms with Crippen LogP contribution in [0.3, 0.4) is 0 Å². The van der Waals surface area contributed by atoms with E-state index in [-0.39, 0.29) is 0 Å². The van der Waals surface area contributed by atoms with Crippen LogP contribution in [0.15, 0.2) is 6.20 Å². The predicted molar refractivity (Wildman–Crippen MR) is 73.6 cm³/mol. The number of piperidine rings is 1. The molecule has 106 valence electrons. The van der Waals surface area contributed by atoms with Crippen molar-refractivity contribution in [1.82, 2.24) is 25.2 Å². The minimum Gasteiger partial charge on any atom is -0.325 e. The summed E-state index contributed by atoms with van der Waals surface area (Å²) in [5.41, 5.74) is 6.48. The fraction of sp³-hybridized carbons (Fsp3) is 0.846. The van der Waals surface area contributed by atoms with Crippen LogP contribution in [-0.2, 0) is 6.54 Å². The quantitative estimate of drug-likeness (QED) is 0.800. The molecule has 0 radical (unpaired) electrons. The van der Waals surface area contributed by atoms with Gasteiger partial charge in [-0.05, 0) is 44.8 Å². The highest BCUT2D eigenvalue weighted by Crippen LogP contribution is 2.22. The lowest BCUT2D eigenvalue weighted by atomic mass is 10.0. The van der Waals surface area contributed by atoms with E-state index >= 15 is 0 Å². The summed E-state index contributed by atoms with van der Waals surface area (Å²) in [6.07, 6.45) is 5.78. The summed E-state index contributed by atoms with van der Waals surface area (Å²) in [6, 6.07) is 0.468. The third kappa shape index (κ3) is 3.13. The van der Waals surface area contributed by atoms with Gasteiger partial charge < -0.3 is 16.0 Å². The Morgan fingerprint density at radius 3 is 3.11 bits per heavy atom. The van der Waals surface area contributed by atoms with Gasteiger partial charge in [-0.25, -0.2) is 4.68 Å². The molecule has 2 unspecified atom stereocenters. The fourth-order valence-corrected chi connectivity index (χ4v) is 3.23. The van der Waals surface area contributed by atoms with Crippen LogP contribution in [0.2, 0.25) is 0 Å². The van der Waals surface area contributed by atoms with Gasteiger partial charge in [-0.3, -0.25) is 0 Å². The molecule has 0 bridgehead atoms. The summed E-state index contributed by atoms with van der Waals surface area (Å²) in [4.78, 5) is 2.59. The van der Waals surface area contributed by atoms with Gasteiger partial charge in [0, 0.05) is 19.6 Å². The second-order valence-electron chi connectivity index (χ2n) is 5.81. The highest BCUT2D eigenvalue weighted by molar-refractivity contribution is 4.93. The largest absolute Gasteiger partial charge is 0.325 e. The molecular weight excluding hydrogens is 240 g/mol. The maximum absolute atomic E-state index is 5.60. The van der Waals surface area contributed by atoms with Gasteiger partial charge in [-0.2, -0.15) is 0 Å². The van der Waals surface area contributed by atoms with Gasteiger partial charge in [0.1, 0.15) is 0 Å². The molecule has 3 heterocycles. The van der Waals surface area contributed by atoms with E-state index in [0.29, 0.717) is 12.6 Å². The normalized spacial score (nSPS) is 28.9. The first-order valence-corrected chi connectivity index (χ1v) is 7.39. The van der Waals surface area contributed by atoms with Crippen molar-refractivity contribution in [2.45, 2.75) is 31.8 Å². The molecule has 2 saturated heterocycles. The number of likely N-dealkylation sites (tertiary alicyclic amines) is 1. The molecule has 0 amide bonds. The molecule has 3 rings (SSSR count). The van der Waals surface area contributed by atoms with Gasteiger partial charge in [0.15, 0.2) is 0 Å². The minimum atomic E-state index is 0.468. The number of nitrogens with two attached hydrogens (primary N) is 1. The molecule has 2 fully saturated rings. The molecule has 3 N–H and O–H groups in total. The summed E-state index contributed by atoms with van der Waals surface area (Å²) < 4.78 is 2.02. The van der Waals surface area contributed by atoms with Crippen LogP contribution in [0.5, 0.6) is 0 Å². The van der Waals surface area contributed by atoms with E-state index in [0.717, 1.165) is 18.2 Å². The molecule has 1 aromatic rings. The SMILES string of the molecule is NCc1cn(C2CCCN(CC3CCNC3)C2)nn1. The van der Waals surface area contributed by atoms with E-state index < -0.39 is 0 Å². The zero-order valence-electron chi connectivity index (χ0n) is 11.5. The van der Waals surface area contributed by atoms with Gasteiger partial charge in [-0.15, -0.1) is 5.10 Å². The van der Waals surface area contributed by atoms with E-state index in [1.165, 1.54) is 45.4 Å². The van der Waals surface area contributed by atoms with Crippen LogP contribution in [-0.4, -0.2) is 52.6 Å². The first-order chi connectivity index (χ1) is 9.35. The van der Waals surface area contributed by atoms with Crippen LogP contribution in [0, 0.1) is 5.92 Å². The van der Waals surface area contributed by atoms with E-state index in [1.54, 1.807) is 0 Å². The lowest BCUT2D eigenvalue weighted by molar-refractivity contribution is 0.150. The zero-order chi connectivity index (χ0) is 13.1. The Bertz CT molecular complexity index is 398. The summed E-state index contributed by atoms with van der Waals surface area (Å²) in [6.45, 7) is 6.40. The molecule has 2 aliphatic heterocycles. The van der Waals surface area contributed by atoms with Crippen LogP contribution < -0.4 is 11.1 Å². The Balaban J connectivity index is 1.57. The standard InChI is InChI=1S/C13H24N6/c14-6-12-9-19(17-16-12)13-2-1-5-18(10-13)8-11-3-4-15-7-11/h9,11,13,15H,1-8,10,14H2. The van der Waals surface area contributed by atoms with Gasteiger partial charge in [-0.1, -0.05) is 5.21 Å². The maximum atomic E-state index is 5.60. The molecule has 2 aliphatic rings. The summed E-state index contributed by atoms with van der Waals surface area (Å²) in [5.74, 6) is 0.828. The highest BCUT2D eigenvalue weighted by atomic mass is 15.4. The van der Waals surface area contributed by atoms with Gasteiger partial charge >= 0.3 is 0 Å². The number of hydrogen-bond donors (Lipinski definition) is 2. The molecule has 2 atom stereocenters. The molecule has 0 aromatic carbocycles. The van der Waals surface area contributed by atoms with Gasteiger partial charge in [0.05, 0.1) is 17.9 Å². The second kappa shape index (κ2) is 5.98. The first-order valence-electron chi connectivity index (χ1n) is 7.39. The Morgan fingerprint density at radius 2 is 2.37 bits per heavy atom. The van der Waals surface area contributed by atoms with Crippen molar-refractivity contribution in [3.63, 3.8) is 0 Å². The van der Waals surface area contributed by atoms with Crippen molar-refractivity contribution in [3.05, 3.63) is 11.9 Å². The number of aromatic nitrogens is 3. The monoisotopic (exact) mass is 264 g/mol. The van der Waals surface area contributed by atoms with Crippen molar-refractivity contribution in [3.8, 4) is 0 Å². The summed E-state index contributed by atoms with van der Waals surface area (Å²) in [5, 5.41) is 11.8. The highest BCUT2D eigenvalue weighted by Gasteiger charge is 2.25. The van der Waals surface area contributed by atoms with Crippen molar-refractivity contribution in [1.29, 1.82) is 0 Å². The van der Waals surface area contributed by atoms with Crippen LogP contribution >= 0.6 is 0 Å². The lowest BCUT2D eigenvalue weighted by Crippen LogP contribution is -2.40. The van der Waals surface area contributed by atoms with Gasteiger partial charge in [0.25, 0.3) is 0 Å². The fourth-order valence-electron chi connectivity index (χ4n) is 3.23. The molecule has 19 heavy (non-hydrogen) atoms. The maximum Gasteiger partial charge on any atom is 0.0962 e. The topological polar surface area (TPSA) is 72.0 Å². The molecule has 0 saturated carbocycles. The first kappa shape index (κ1) is 13.0. The molecule has 6 nitrogen and oxygen atoms in total. The zero-order valence-corrected chi connectivity index (χ0v) is 11.5. The average molecular weight is 264 g/mol. The number of rotatable bonds is 4. The van der Waals surface area contributed by atoms with Crippen molar-refractivity contribution < 1.29 is 0 Å². The average Bonchev–Trinajstić information content (AvgIpc) is 3.09. The van der Waals surface area contributed by atoms with E-state index in [2.05, 4.69) is 20.5 Å². The van der Waals surface area contributed by atoms with Crippen molar-refractivity contribution in [2.24, 2.45) is 11.7 Å². The molecular formula is C13H24N6. The van der Waals surface area contributed by atoms with E-state index in [9.17, 15) is 0 Å². The number of hydrogen-bond acceptors (Lipinski definition) is 5. The summed E-state index contributed by atoms with van der Waals surface area (Å²) >= 11 is 0. The van der Waals surface area contributed by atoms with Crippen LogP contribution in [0.1, 0.15) is 31.0 Å². The third-order valence-corrected chi connectivity index (χ3v) is 4.30.